The number of nitrogens with one attached hydrogen (secondary N) is 1. The largest absolute Gasteiger partial charge is 0.495 e. The molecule has 4 nitrogen and oxygen atoms in total. The summed E-state index contributed by atoms with van der Waals surface area (Å²) in [6, 6.07) is 5.95. The molecule has 1 aromatic rings. The number of ether oxygens (including phenoxy) is 1. The Morgan fingerprint density at radius 3 is 2.48 bits per heavy atom. The lowest BCUT2D eigenvalue weighted by atomic mass is 9.49. The molecule has 146 valence electrons. The predicted octanol–water partition coefficient (Wildman–Crippen LogP) is 4.26. The minimum Gasteiger partial charge on any atom is -0.495 e. The molecule has 0 spiro atoms. The number of anilines is 1. The maximum absolute atomic E-state index is 13.3. The Morgan fingerprint density at radius 2 is 1.85 bits per heavy atom. The van der Waals surface area contributed by atoms with Gasteiger partial charge < -0.3 is 15.0 Å². The van der Waals surface area contributed by atoms with Gasteiger partial charge in [-0.3, -0.25) is 4.79 Å². The van der Waals surface area contributed by atoms with E-state index in [1.165, 1.54) is 19.3 Å². The van der Waals surface area contributed by atoms with Gasteiger partial charge in [0.15, 0.2) is 0 Å². The topological polar surface area (TPSA) is 41.6 Å². The number of hydrogen-bond acceptors (Lipinski definition) is 3. The van der Waals surface area contributed by atoms with Gasteiger partial charge in [-0.1, -0.05) is 11.6 Å². The first-order chi connectivity index (χ1) is 13.0. The zero-order valence-corrected chi connectivity index (χ0v) is 16.8. The second-order valence-corrected chi connectivity index (χ2v) is 9.86. The van der Waals surface area contributed by atoms with E-state index in [0.717, 1.165) is 68.0 Å². The van der Waals surface area contributed by atoms with Crippen LogP contribution in [0.5, 0.6) is 5.75 Å². The molecule has 5 fully saturated rings. The Kier molecular flexibility index (Phi) is 4.30. The van der Waals surface area contributed by atoms with Crippen molar-refractivity contribution in [3.63, 3.8) is 0 Å². The van der Waals surface area contributed by atoms with E-state index in [1.54, 1.807) is 7.11 Å². The van der Waals surface area contributed by atoms with Crippen LogP contribution in [0.25, 0.3) is 0 Å². The van der Waals surface area contributed by atoms with Gasteiger partial charge in [-0.25, -0.2) is 0 Å². The van der Waals surface area contributed by atoms with Gasteiger partial charge in [0.25, 0.3) is 0 Å². The molecule has 0 aromatic heterocycles. The summed E-state index contributed by atoms with van der Waals surface area (Å²) >= 11 is 6.20. The summed E-state index contributed by atoms with van der Waals surface area (Å²) in [5, 5.41) is 4.15. The van der Waals surface area contributed by atoms with Gasteiger partial charge in [0.1, 0.15) is 5.75 Å². The first kappa shape index (κ1) is 17.7. The summed E-state index contributed by atoms with van der Waals surface area (Å²) in [7, 11) is 1.69. The van der Waals surface area contributed by atoms with Crippen molar-refractivity contribution in [1.29, 1.82) is 0 Å². The maximum atomic E-state index is 13.3. The van der Waals surface area contributed by atoms with E-state index in [0.29, 0.717) is 10.9 Å². The van der Waals surface area contributed by atoms with Crippen molar-refractivity contribution < 1.29 is 9.53 Å². The van der Waals surface area contributed by atoms with Crippen molar-refractivity contribution >= 4 is 23.2 Å². The first-order valence-electron chi connectivity index (χ1n) is 10.4. The van der Waals surface area contributed by atoms with E-state index in [4.69, 9.17) is 16.3 Å². The van der Waals surface area contributed by atoms with Crippen LogP contribution in [0.15, 0.2) is 18.2 Å². The lowest BCUT2D eigenvalue weighted by Gasteiger charge is -2.55. The highest BCUT2D eigenvalue weighted by Crippen LogP contribution is 2.60. The fraction of sp³-hybridized carbons (Fsp3) is 0.682. The second kappa shape index (κ2) is 6.58. The van der Waals surface area contributed by atoms with Crippen LogP contribution in [0.2, 0.25) is 5.02 Å². The standard InChI is InChI=1S/C22H29ClN2O2/c1-27-20-3-2-17(23)9-19(20)25-5-4-18(13-25)24-21(26)22-10-14-6-15(11-22)8-16(7-14)12-22/h2-3,9,14-16,18H,4-8,10-13H2,1H3,(H,24,26). The average molecular weight is 389 g/mol. The molecule has 1 unspecified atom stereocenters. The lowest BCUT2D eigenvalue weighted by molar-refractivity contribution is -0.146. The Morgan fingerprint density at radius 1 is 1.19 bits per heavy atom. The number of carbonyl (C=O) groups is 1. The average Bonchev–Trinajstić information content (AvgIpc) is 3.09. The highest BCUT2D eigenvalue weighted by molar-refractivity contribution is 6.30. The molecule has 5 heteroatoms. The summed E-state index contributed by atoms with van der Waals surface area (Å²) in [6.07, 6.45) is 8.48. The Bertz CT molecular complexity index is 715. The normalized spacial score (nSPS) is 36.9. The fourth-order valence-electron chi connectivity index (χ4n) is 6.73. The van der Waals surface area contributed by atoms with Crippen LogP contribution in [-0.4, -0.2) is 32.1 Å². The van der Waals surface area contributed by atoms with Gasteiger partial charge in [0.2, 0.25) is 5.91 Å². The van der Waals surface area contributed by atoms with E-state index in [9.17, 15) is 4.79 Å². The van der Waals surface area contributed by atoms with Crippen LogP contribution >= 0.6 is 11.6 Å². The van der Waals surface area contributed by atoms with Crippen LogP contribution in [0.4, 0.5) is 5.69 Å². The van der Waals surface area contributed by atoms with E-state index in [2.05, 4.69) is 10.2 Å². The summed E-state index contributed by atoms with van der Waals surface area (Å²) in [6.45, 7) is 1.75. The smallest absolute Gasteiger partial charge is 0.226 e. The van der Waals surface area contributed by atoms with Crippen LogP contribution in [0.1, 0.15) is 44.9 Å². The van der Waals surface area contributed by atoms with E-state index in [-0.39, 0.29) is 11.5 Å². The number of benzene rings is 1. The zero-order valence-electron chi connectivity index (χ0n) is 16.0. The van der Waals surface area contributed by atoms with Gasteiger partial charge >= 0.3 is 0 Å². The zero-order chi connectivity index (χ0) is 18.6. The van der Waals surface area contributed by atoms with Crippen molar-refractivity contribution in [3.05, 3.63) is 23.2 Å². The molecular formula is C22H29ClN2O2. The minimum atomic E-state index is -0.0596. The fourth-order valence-corrected chi connectivity index (χ4v) is 6.90. The highest BCUT2D eigenvalue weighted by Gasteiger charge is 2.54. The van der Waals surface area contributed by atoms with Crippen molar-refractivity contribution in [2.24, 2.45) is 23.2 Å². The van der Waals surface area contributed by atoms with Crippen molar-refractivity contribution in [2.45, 2.75) is 51.0 Å². The van der Waals surface area contributed by atoms with Crippen LogP contribution in [0, 0.1) is 23.2 Å². The van der Waals surface area contributed by atoms with Crippen molar-refractivity contribution in [2.75, 3.05) is 25.1 Å². The number of amides is 1. The third-order valence-electron chi connectivity index (χ3n) is 7.52. The molecule has 5 aliphatic rings. The molecule has 1 heterocycles. The SMILES string of the molecule is COc1ccc(Cl)cc1N1CCC(NC(=O)C23CC4CC(CC(C4)C2)C3)C1. The quantitative estimate of drug-likeness (QED) is 0.837. The monoisotopic (exact) mass is 388 g/mol. The highest BCUT2D eigenvalue weighted by atomic mass is 35.5. The van der Waals surface area contributed by atoms with Gasteiger partial charge in [-0.15, -0.1) is 0 Å². The number of halogens is 1. The molecule has 6 rings (SSSR count). The molecule has 1 N–H and O–H groups in total. The molecule has 27 heavy (non-hydrogen) atoms. The maximum Gasteiger partial charge on any atom is 0.226 e. The Labute approximate surface area is 166 Å². The Hall–Kier alpha value is -1.42. The van der Waals surface area contributed by atoms with Gasteiger partial charge in [-0.05, 0) is 80.9 Å². The number of methoxy groups -OCH3 is 1. The van der Waals surface area contributed by atoms with E-state index in [1.807, 2.05) is 18.2 Å². The number of hydrogen-bond donors (Lipinski definition) is 1. The molecule has 1 saturated heterocycles. The molecule has 4 saturated carbocycles. The van der Waals surface area contributed by atoms with Gasteiger partial charge in [-0.2, -0.15) is 0 Å². The summed E-state index contributed by atoms with van der Waals surface area (Å²) < 4.78 is 5.51. The lowest BCUT2D eigenvalue weighted by Crippen LogP contribution is -2.55. The summed E-state index contributed by atoms with van der Waals surface area (Å²) in [5.74, 6) is 3.59. The molecule has 1 aliphatic heterocycles. The molecule has 4 aliphatic carbocycles. The Balaban J connectivity index is 1.27. The predicted molar refractivity (Wildman–Crippen MR) is 107 cm³/mol. The van der Waals surface area contributed by atoms with E-state index >= 15 is 0 Å². The van der Waals surface area contributed by atoms with Crippen molar-refractivity contribution in [3.8, 4) is 5.75 Å². The molecule has 1 aromatic carbocycles. The summed E-state index contributed by atoms with van der Waals surface area (Å²) in [4.78, 5) is 15.6. The van der Waals surface area contributed by atoms with Gasteiger partial charge in [0, 0.05) is 29.6 Å². The number of carbonyl (C=O) groups excluding carboxylic acids is 1. The first-order valence-corrected chi connectivity index (χ1v) is 10.8. The molecule has 1 atom stereocenters. The third kappa shape index (κ3) is 3.10. The van der Waals surface area contributed by atoms with Crippen LogP contribution < -0.4 is 15.0 Å². The van der Waals surface area contributed by atoms with Crippen molar-refractivity contribution in [1.82, 2.24) is 5.32 Å². The van der Waals surface area contributed by atoms with Gasteiger partial charge in [0.05, 0.1) is 12.8 Å². The third-order valence-corrected chi connectivity index (χ3v) is 7.76. The molecular weight excluding hydrogens is 360 g/mol. The second-order valence-electron chi connectivity index (χ2n) is 9.42. The minimum absolute atomic E-state index is 0.0596. The van der Waals surface area contributed by atoms with Crippen LogP contribution in [0.3, 0.4) is 0 Å². The summed E-state index contributed by atoms with van der Waals surface area (Å²) in [5.41, 5.74) is 0.965. The van der Waals surface area contributed by atoms with E-state index < -0.39 is 0 Å². The molecule has 0 radical (unpaired) electrons. The molecule has 1 amide bonds. The van der Waals surface area contributed by atoms with Crippen LogP contribution in [-0.2, 0) is 4.79 Å². The number of nitrogens with zero attached hydrogens (tertiary/aromatic N) is 1. The molecule has 4 bridgehead atoms. The number of rotatable bonds is 4.